The molecule has 6 nitrogen and oxygen atoms in total. The molecule has 0 unspecified atom stereocenters. The van der Waals surface area contributed by atoms with Crippen LogP contribution in [0.1, 0.15) is 25.2 Å². The molecule has 0 aromatic carbocycles. The Morgan fingerprint density at radius 1 is 1.53 bits per heavy atom. The maximum absolute atomic E-state index is 10.7. The van der Waals surface area contributed by atoms with E-state index in [0.717, 1.165) is 0 Å². The predicted octanol–water partition coefficient (Wildman–Crippen LogP) is 0.920. The zero-order valence-electron chi connectivity index (χ0n) is 9.75. The van der Waals surface area contributed by atoms with E-state index in [0.29, 0.717) is 18.0 Å². The lowest BCUT2D eigenvalue weighted by atomic mass is 10.3. The van der Waals surface area contributed by atoms with Gasteiger partial charge >= 0.3 is 0 Å². The van der Waals surface area contributed by atoms with E-state index in [1.54, 1.807) is 12.4 Å². The number of rotatable bonds is 5. The van der Waals surface area contributed by atoms with E-state index in [1.807, 2.05) is 13.8 Å². The van der Waals surface area contributed by atoms with Crippen LogP contribution in [-0.2, 0) is 16.1 Å². The highest BCUT2D eigenvalue weighted by Gasteiger charge is 1.99. The van der Waals surface area contributed by atoms with Crippen molar-refractivity contribution in [1.82, 2.24) is 15.4 Å². The number of hydroxylamine groups is 1. The third-order valence-electron chi connectivity index (χ3n) is 1.81. The minimum absolute atomic E-state index is 0.131. The standard InChI is InChI=1S/C11H15N3O3/c1-8(2)17-7-10-12-5-9(6-13-10)3-4-11(15)14-16/h3-6,8,16H,7H2,1-2H3,(H,14,15)/b4-3+. The third-order valence-corrected chi connectivity index (χ3v) is 1.81. The molecule has 1 heterocycles. The molecular weight excluding hydrogens is 222 g/mol. The van der Waals surface area contributed by atoms with Gasteiger partial charge in [0.25, 0.3) is 5.91 Å². The number of amides is 1. The summed E-state index contributed by atoms with van der Waals surface area (Å²) in [7, 11) is 0. The quantitative estimate of drug-likeness (QED) is 0.452. The van der Waals surface area contributed by atoms with E-state index >= 15 is 0 Å². The SMILES string of the molecule is CC(C)OCc1ncc(/C=C/C(=O)NO)cn1. The van der Waals surface area contributed by atoms with E-state index in [9.17, 15) is 4.79 Å². The molecule has 2 N–H and O–H groups in total. The Bertz CT molecular complexity index is 387. The Morgan fingerprint density at radius 3 is 2.71 bits per heavy atom. The number of aromatic nitrogens is 2. The van der Waals surface area contributed by atoms with E-state index in [1.165, 1.54) is 17.6 Å². The van der Waals surface area contributed by atoms with Gasteiger partial charge in [-0.2, -0.15) is 0 Å². The van der Waals surface area contributed by atoms with E-state index < -0.39 is 5.91 Å². The molecule has 0 saturated carbocycles. The lowest BCUT2D eigenvalue weighted by Crippen LogP contribution is -2.14. The molecule has 0 saturated heterocycles. The number of carbonyl (C=O) groups excluding carboxylic acids is 1. The summed E-state index contributed by atoms with van der Waals surface area (Å²) in [5.74, 6) is -0.0142. The van der Waals surface area contributed by atoms with Gasteiger partial charge in [-0.15, -0.1) is 0 Å². The molecule has 0 bridgehead atoms. The second-order valence-corrected chi connectivity index (χ2v) is 3.60. The number of hydrogen-bond donors (Lipinski definition) is 2. The van der Waals surface area contributed by atoms with Crippen LogP contribution in [0.3, 0.4) is 0 Å². The molecule has 0 aliphatic heterocycles. The molecule has 1 amide bonds. The lowest BCUT2D eigenvalue weighted by molar-refractivity contribution is -0.124. The Kier molecular flexibility index (Phi) is 5.25. The zero-order chi connectivity index (χ0) is 12.7. The van der Waals surface area contributed by atoms with Crippen LogP contribution in [0.2, 0.25) is 0 Å². The Morgan fingerprint density at radius 2 is 2.18 bits per heavy atom. The number of hydrogen-bond acceptors (Lipinski definition) is 5. The molecule has 17 heavy (non-hydrogen) atoms. The van der Waals surface area contributed by atoms with Crippen LogP contribution < -0.4 is 5.48 Å². The van der Waals surface area contributed by atoms with Crippen LogP contribution in [0.15, 0.2) is 18.5 Å². The van der Waals surface area contributed by atoms with Crippen molar-refractivity contribution in [3.05, 3.63) is 29.9 Å². The molecule has 0 fully saturated rings. The van der Waals surface area contributed by atoms with Gasteiger partial charge in [-0.3, -0.25) is 10.0 Å². The van der Waals surface area contributed by atoms with Gasteiger partial charge in [-0.1, -0.05) is 0 Å². The van der Waals surface area contributed by atoms with Gasteiger partial charge < -0.3 is 4.74 Å². The summed E-state index contributed by atoms with van der Waals surface area (Å²) >= 11 is 0. The van der Waals surface area contributed by atoms with Crippen LogP contribution in [0.5, 0.6) is 0 Å². The average molecular weight is 237 g/mol. The third kappa shape index (κ3) is 5.19. The highest BCUT2D eigenvalue weighted by Crippen LogP contribution is 2.01. The molecular formula is C11H15N3O3. The van der Waals surface area contributed by atoms with Crippen LogP contribution >= 0.6 is 0 Å². The van der Waals surface area contributed by atoms with Crippen molar-refractivity contribution in [2.75, 3.05) is 0 Å². The fraction of sp³-hybridized carbons (Fsp3) is 0.364. The maximum Gasteiger partial charge on any atom is 0.267 e. The van der Waals surface area contributed by atoms with Crippen molar-refractivity contribution < 1.29 is 14.7 Å². The molecule has 0 radical (unpaired) electrons. The van der Waals surface area contributed by atoms with E-state index in [2.05, 4.69) is 9.97 Å². The Hall–Kier alpha value is -1.79. The molecule has 1 aromatic heterocycles. The van der Waals surface area contributed by atoms with Crippen molar-refractivity contribution in [2.24, 2.45) is 0 Å². The van der Waals surface area contributed by atoms with Gasteiger partial charge in [0, 0.05) is 24.0 Å². The van der Waals surface area contributed by atoms with Crippen molar-refractivity contribution in [2.45, 2.75) is 26.6 Å². The molecule has 0 atom stereocenters. The second-order valence-electron chi connectivity index (χ2n) is 3.60. The van der Waals surface area contributed by atoms with Crippen LogP contribution in [0.4, 0.5) is 0 Å². The first-order valence-corrected chi connectivity index (χ1v) is 5.16. The number of carbonyl (C=O) groups is 1. The summed E-state index contributed by atoms with van der Waals surface area (Å²) < 4.78 is 5.34. The molecule has 0 aliphatic rings. The summed E-state index contributed by atoms with van der Waals surface area (Å²) in [6.07, 6.45) is 5.97. The molecule has 1 aromatic rings. The summed E-state index contributed by atoms with van der Waals surface area (Å²) in [6.45, 7) is 4.23. The van der Waals surface area contributed by atoms with Crippen LogP contribution in [0.25, 0.3) is 6.08 Å². The molecule has 1 rings (SSSR count). The van der Waals surface area contributed by atoms with Crippen molar-refractivity contribution in [3.8, 4) is 0 Å². The highest BCUT2D eigenvalue weighted by molar-refractivity contribution is 5.90. The fourth-order valence-corrected chi connectivity index (χ4v) is 0.976. The molecule has 0 aliphatic carbocycles. The van der Waals surface area contributed by atoms with Gasteiger partial charge in [0.15, 0.2) is 5.82 Å². The van der Waals surface area contributed by atoms with Crippen molar-refractivity contribution in [3.63, 3.8) is 0 Å². The Balaban J connectivity index is 2.55. The lowest BCUT2D eigenvalue weighted by Gasteiger charge is -2.05. The first-order valence-electron chi connectivity index (χ1n) is 5.16. The minimum Gasteiger partial charge on any atom is -0.371 e. The molecule has 0 spiro atoms. The summed E-state index contributed by atoms with van der Waals surface area (Å²) in [4.78, 5) is 18.9. The van der Waals surface area contributed by atoms with Crippen LogP contribution in [0, 0.1) is 0 Å². The van der Waals surface area contributed by atoms with Gasteiger partial charge in [-0.05, 0) is 19.9 Å². The highest BCUT2D eigenvalue weighted by atomic mass is 16.5. The fourth-order valence-electron chi connectivity index (χ4n) is 0.976. The maximum atomic E-state index is 10.7. The molecule has 6 heteroatoms. The smallest absolute Gasteiger partial charge is 0.267 e. The summed E-state index contributed by atoms with van der Waals surface area (Å²) in [5, 5.41) is 8.28. The van der Waals surface area contributed by atoms with Crippen LogP contribution in [-0.4, -0.2) is 27.2 Å². The van der Waals surface area contributed by atoms with E-state index in [4.69, 9.17) is 9.94 Å². The number of ether oxygens (including phenoxy) is 1. The minimum atomic E-state index is -0.600. The Labute approximate surface area is 99.3 Å². The summed E-state index contributed by atoms with van der Waals surface area (Å²) in [6, 6.07) is 0. The zero-order valence-corrected chi connectivity index (χ0v) is 9.75. The first kappa shape index (κ1) is 13.3. The van der Waals surface area contributed by atoms with Crippen molar-refractivity contribution in [1.29, 1.82) is 0 Å². The second kappa shape index (κ2) is 6.72. The normalized spacial score (nSPS) is 11.1. The number of nitrogens with one attached hydrogen (secondary N) is 1. The van der Waals surface area contributed by atoms with Gasteiger partial charge in [0.1, 0.15) is 6.61 Å². The van der Waals surface area contributed by atoms with Gasteiger partial charge in [0.2, 0.25) is 0 Å². The van der Waals surface area contributed by atoms with E-state index in [-0.39, 0.29) is 6.10 Å². The topological polar surface area (TPSA) is 84.3 Å². The monoisotopic (exact) mass is 237 g/mol. The largest absolute Gasteiger partial charge is 0.371 e. The first-order chi connectivity index (χ1) is 8.11. The summed E-state index contributed by atoms with van der Waals surface area (Å²) in [5.41, 5.74) is 2.16. The number of nitrogens with zero attached hydrogens (tertiary/aromatic N) is 2. The van der Waals surface area contributed by atoms with Gasteiger partial charge in [-0.25, -0.2) is 15.4 Å². The van der Waals surface area contributed by atoms with Crippen molar-refractivity contribution >= 4 is 12.0 Å². The molecule has 92 valence electrons. The predicted molar refractivity (Wildman–Crippen MR) is 60.9 cm³/mol. The average Bonchev–Trinajstić information content (AvgIpc) is 2.34. The van der Waals surface area contributed by atoms with Gasteiger partial charge in [0.05, 0.1) is 6.10 Å².